The van der Waals surface area contributed by atoms with Crippen molar-refractivity contribution < 1.29 is 62.2 Å². The van der Waals surface area contributed by atoms with Crippen molar-refractivity contribution in [3.63, 3.8) is 0 Å². The number of amides is 1. The van der Waals surface area contributed by atoms with E-state index in [0.29, 0.717) is 17.0 Å². The third-order valence-electron chi connectivity index (χ3n) is 9.69. The molecule has 61 heavy (non-hydrogen) atoms. The number of hydrogen-bond donors (Lipinski definition) is 3. The van der Waals surface area contributed by atoms with Gasteiger partial charge in [0, 0.05) is 28.7 Å². The van der Waals surface area contributed by atoms with Crippen LogP contribution in [0.4, 0.5) is 49.7 Å². The Morgan fingerprint density at radius 2 is 1.67 bits per heavy atom. The second-order valence-corrected chi connectivity index (χ2v) is 17.3. The minimum Gasteiger partial charge on any atom is -0.378 e. The van der Waals surface area contributed by atoms with Gasteiger partial charge in [-0.25, -0.2) is 22.2 Å². The van der Waals surface area contributed by atoms with Gasteiger partial charge < -0.3 is 10.4 Å². The monoisotopic (exact) mass is 905 g/mol. The van der Waals surface area contributed by atoms with Crippen LogP contribution in [-0.2, 0) is 46.4 Å². The summed E-state index contributed by atoms with van der Waals surface area (Å²) in [6.07, 6.45) is -10.2. The van der Waals surface area contributed by atoms with Gasteiger partial charge in [-0.3, -0.25) is 18.9 Å². The molecule has 0 bridgehead atoms. The number of pyridine rings is 1. The largest absolute Gasteiger partial charge is 0.435 e. The molecular formula is C38H30ClF10N7O4S. The Hall–Kier alpha value is -5.40. The minimum absolute atomic E-state index is 0.141. The standard InChI is InChI=1S/C38H30ClF10N7O4S/c1-35(2,58)9-8-20-4-5-21(22-6-7-25(39)29-31(22)56(16-36(42,43)44)53-34(29)54-61(3,59)60)30(50-20)26(12-17-10-18(40)13-19(41)11-17)51-27(57)15-55-33-28(32(52-55)38(47,48)49)23-14-24(23)37(33,45)46/h4-7,10-11,13,23-24,26,58H,12,14-16H2,1-3H3,(H,51,57)(H,53,54)/t23-,24+,26-/m0/s1. The summed E-state index contributed by atoms with van der Waals surface area (Å²) in [5.41, 5.74) is -6.35. The predicted octanol–water partition coefficient (Wildman–Crippen LogP) is 7.61. The minimum atomic E-state index is -5.16. The summed E-state index contributed by atoms with van der Waals surface area (Å²) in [6.45, 7) is -0.356. The number of anilines is 1. The molecule has 0 unspecified atom stereocenters. The topological polar surface area (TPSA) is 144 Å². The molecule has 324 valence electrons. The van der Waals surface area contributed by atoms with Crippen molar-refractivity contribution >= 4 is 44.3 Å². The van der Waals surface area contributed by atoms with Crippen LogP contribution in [0.3, 0.4) is 0 Å². The Morgan fingerprint density at radius 3 is 2.28 bits per heavy atom. The predicted molar refractivity (Wildman–Crippen MR) is 199 cm³/mol. The lowest BCUT2D eigenvalue weighted by Gasteiger charge is -2.23. The lowest BCUT2D eigenvalue weighted by Crippen LogP contribution is -2.35. The number of aliphatic hydroxyl groups is 1. The van der Waals surface area contributed by atoms with Gasteiger partial charge in [-0.05, 0) is 74.4 Å². The van der Waals surface area contributed by atoms with E-state index in [1.807, 2.05) is 4.72 Å². The van der Waals surface area contributed by atoms with E-state index in [9.17, 15) is 53.4 Å². The number of alkyl halides is 8. The van der Waals surface area contributed by atoms with Crippen molar-refractivity contribution in [2.75, 3.05) is 11.0 Å². The third kappa shape index (κ3) is 9.13. The zero-order valence-corrected chi connectivity index (χ0v) is 33.1. The normalized spacial score (nSPS) is 17.7. The summed E-state index contributed by atoms with van der Waals surface area (Å²) in [7, 11) is -4.18. The summed E-state index contributed by atoms with van der Waals surface area (Å²) in [5, 5.41) is 19.4. The number of benzene rings is 2. The molecule has 1 amide bonds. The fourth-order valence-electron chi connectivity index (χ4n) is 7.43. The molecule has 2 aliphatic rings. The van der Waals surface area contributed by atoms with Gasteiger partial charge >= 0.3 is 12.4 Å². The van der Waals surface area contributed by atoms with Gasteiger partial charge in [-0.1, -0.05) is 23.6 Å². The molecule has 0 spiro atoms. The van der Waals surface area contributed by atoms with Gasteiger partial charge in [0.2, 0.25) is 15.9 Å². The average molecular weight is 906 g/mol. The van der Waals surface area contributed by atoms with E-state index in [1.165, 1.54) is 38.1 Å². The molecule has 5 aromatic rings. The van der Waals surface area contributed by atoms with Crippen molar-refractivity contribution in [2.24, 2.45) is 5.92 Å². The molecule has 11 nitrogen and oxygen atoms in total. The number of carbonyl (C=O) groups is 1. The van der Waals surface area contributed by atoms with Crippen LogP contribution in [0.15, 0.2) is 42.5 Å². The van der Waals surface area contributed by atoms with Crippen molar-refractivity contribution in [1.29, 1.82) is 0 Å². The SMILES string of the molecule is CC(C)(O)C#Cc1ccc(-c2ccc(Cl)c3c(NS(C)(=O)=O)nn(CC(F)(F)F)c23)c([C@H](Cc2cc(F)cc(F)c2)NC(=O)Cn2nc(C(F)(F)F)c3c2C(F)(F)[C@@H]2C[C@H]32)n1. The maximum Gasteiger partial charge on any atom is 0.435 e. The second kappa shape index (κ2) is 14.9. The third-order valence-corrected chi connectivity index (χ3v) is 10.6. The number of nitrogens with one attached hydrogen (secondary N) is 2. The highest BCUT2D eigenvalue weighted by molar-refractivity contribution is 7.92. The summed E-state index contributed by atoms with van der Waals surface area (Å²) in [5.74, 6) is -5.23. The fraction of sp³-hybridized carbons (Fsp3) is 0.368. The highest BCUT2D eigenvalue weighted by Gasteiger charge is 2.68. The van der Waals surface area contributed by atoms with Crippen LogP contribution in [0.2, 0.25) is 5.02 Å². The highest BCUT2D eigenvalue weighted by Crippen LogP contribution is 2.68. The first-order valence-corrected chi connectivity index (χ1v) is 20.2. The van der Waals surface area contributed by atoms with Crippen LogP contribution in [0.5, 0.6) is 0 Å². The number of fused-ring (bicyclic) bond motifs is 4. The van der Waals surface area contributed by atoms with Crippen molar-refractivity contribution in [3.8, 4) is 23.0 Å². The maximum absolute atomic E-state index is 15.4. The van der Waals surface area contributed by atoms with E-state index in [2.05, 4.69) is 32.3 Å². The fourth-order valence-corrected chi connectivity index (χ4v) is 8.17. The van der Waals surface area contributed by atoms with Gasteiger partial charge in [0.25, 0.3) is 5.92 Å². The number of carbonyl (C=O) groups excluding carboxylic acids is 1. The van der Waals surface area contributed by atoms with Crippen LogP contribution in [0, 0.1) is 29.4 Å². The van der Waals surface area contributed by atoms with E-state index >= 15 is 8.78 Å². The summed E-state index contributed by atoms with van der Waals surface area (Å²) in [4.78, 5) is 18.4. The van der Waals surface area contributed by atoms with E-state index in [4.69, 9.17) is 11.6 Å². The molecule has 0 saturated heterocycles. The Morgan fingerprint density at radius 1 is 1.02 bits per heavy atom. The van der Waals surface area contributed by atoms with Gasteiger partial charge in [0.05, 0.1) is 33.9 Å². The molecule has 1 saturated carbocycles. The highest BCUT2D eigenvalue weighted by atomic mass is 35.5. The van der Waals surface area contributed by atoms with Gasteiger partial charge in [0.15, 0.2) is 11.5 Å². The Labute approximate surface area is 344 Å². The van der Waals surface area contributed by atoms with E-state index in [-0.39, 0.29) is 49.6 Å². The molecule has 0 radical (unpaired) electrons. The summed E-state index contributed by atoms with van der Waals surface area (Å²) < 4.78 is 172. The molecule has 3 atom stereocenters. The molecular weight excluding hydrogens is 876 g/mol. The van der Waals surface area contributed by atoms with Crippen LogP contribution >= 0.6 is 11.6 Å². The Balaban J connectivity index is 1.43. The van der Waals surface area contributed by atoms with Crippen molar-refractivity contribution in [1.82, 2.24) is 29.9 Å². The molecule has 0 aliphatic heterocycles. The lowest BCUT2D eigenvalue weighted by molar-refractivity contribution is -0.142. The first kappa shape index (κ1) is 43.7. The molecule has 23 heteroatoms. The smallest absolute Gasteiger partial charge is 0.378 e. The zero-order valence-electron chi connectivity index (χ0n) is 31.6. The summed E-state index contributed by atoms with van der Waals surface area (Å²) in [6, 6.07) is 5.56. The number of nitrogens with zero attached hydrogens (tertiary/aromatic N) is 5. The molecule has 3 N–H and O–H groups in total. The quantitative estimate of drug-likeness (QED) is 0.0968. The number of aromatic nitrogens is 5. The number of rotatable bonds is 10. The van der Waals surface area contributed by atoms with E-state index in [0.717, 1.165) is 12.1 Å². The molecule has 2 aromatic carbocycles. The van der Waals surface area contributed by atoms with Crippen LogP contribution in [-0.4, -0.2) is 62.0 Å². The van der Waals surface area contributed by atoms with Crippen molar-refractivity contribution in [3.05, 3.63) is 93.0 Å². The van der Waals surface area contributed by atoms with Gasteiger partial charge in [-0.2, -0.15) is 45.3 Å². The Kier molecular flexibility index (Phi) is 10.7. The van der Waals surface area contributed by atoms with Crippen LogP contribution in [0.1, 0.15) is 66.1 Å². The first-order chi connectivity index (χ1) is 28.1. The van der Waals surface area contributed by atoms with Crippen LogP contribution < -0.4 is 10.0 Å². The van der Waals surface area contributed by atoms with Gasteiger partial charge in [0.1, 0.15) is 41.7 Å². The van der Waals surface area contributed by atoms with Crippen LogP contribution in [0.25, 0.3) is 22.0 Å². The lowest BCUT2D eigenvalue weighted by atomic mass is 9.93. The van der Waals surface area contributed by atoms with E-state index in [1.54, 1.807) is 0 Å². The zero-order chi connectivity index (χ0) is 44.8. The van der Waals surface area contributed by atoms with Crippen molar-refractivity contribution in [2.45, 2.75) is 75.6 Å². The molecule has 2 aliphatic carbocycles. The number of sulfonamides is 1. The number of halogens is 11. The number of hydrogen-bond acceptors (Lipinski definition) is 7. The van der Waals surface area contributed by atoms with E-state index < -0.39 is 117 Å². The average Bonchev–Trinajstić information content (AvgIpc) is 3.63. The molecule has 3 heterocycles. The van der Waals surface area contributed by atoms with Gasteiger partial charge in [-0.15, -0.1) is 0 Å². The molecule has 3 aromatic heterocycles. The first-order valence-electron chi connectivity index (χ1n) is 17.9. The second-order valence-electron chi connectivity index (χ2n) is 15.2. The Bertz CT molecular complexity index is 2770. The molecule has 7 rings (SSSR count). The summed E-state index contributed by atoms with van der Waals surface area (Å²) >= 11 is 6.44. The maximum atomic E-state index is 15.4. The molecule has 1 fully saturated rings.